The third-order valence-electron chi connectivity index (χ3n) is 5.33. The number of hydrogen-bond donors (Lipinski definition) is 0. The van der Waals surface area contributed by atoms with Crippen molar-refractivity contribution in [2.45, 2.75) is 44.2 Å². The largest absolute Gasteiger partial charge is 0.300 e. The molecule has 2 aromatic carbocycles. The van der Waals surface area contributed by atoms with Gasteiger partial charge in [-0.3, -0.25) is 14.5 Å². The van der Waals surface area contributed by atoms with E-state index >= 15 is 0 Å². The van der Waals surface area contributed by atoms with Crippen LogP contribution in [0.1, 0.15) is 52.8 Å². The lowest BCUT2D eigenvalue weighted by Gasteiger charge is -2.39. The summed E-state index contributed by atoms with van der Waals surface area (Å²) >= 11 is 5.90. The van der Waals surface area contributed by atoms with Crippen molar-refractivity contribution in [2.75, 3.05) is 7.05 Å². The highest BCUT2D eigenvalue weighted by Gasteiger charge is 2.30. The van der Waals surface area contributed by atoms with E-state index in [0.717, 1.165) is 24.8 Å². The number of hydrogen-bond acceptors (Lipinski definition) is 3. The van der Waals surface area contributed by atoms with Crippen LogP contribution in [-0.2, 0) is 0 Å². The quantitative estimate of drug-likeness (QED) is 0.669. The lowest BCUT2D eigenvalue weighted by Crippen LogP contribution is -2.45. The molecule has 26 heavy (non-hydrogen) atoms. The first kappa shape index (κ1) is 18.8. The van der Waals surface area contributed by atoms with Crippen LogP contribution < -0.4 is 0 Å². The number of halogens is 1. The number of benzene rings is 2. The van der Waals surface area contributed by atoms with Crippen LogP contribution in [0, 0.1) is 0 Å². The second-order valence-corrected chi connectivity index (χ2v) is 7.47. The maximum Gasteiger partial charge on any atom is 0.164 e. The summed E-state index contributed by atoms with van der Waals surface area (Å²) in [5.41, 5.74) is 1.46. The van der Waals surface area contributed by atoms with Crippen LogP contribution in [0.25, 0.3) is 0 Å². The van der Waals surface area contributed by atoms with Crippen LogP contribution in [-0.4, -0.2) is 35.6 Å². The molecule has 0 aromatic heterocycles. The molecule has 3 rings (SSSR count). The first-order chi connectivity index (χ1) is 12.5. The summed E-state index contributed by atoms with van der Waals surface area (Å²) in [6.07, 6.45) is 4.03. The van der Waals surface area contributed by atoms with Crippen LogP contribution in [0.5, 0.6) is 0 Å². The third kappa shape index (κ3) is 4.60. The molecule has 1 heterocycles. The number of likely N-dealkylation sites (tertiary alicyclic amines) is 1. The number of Topliss-reactive ketones (excluding diaryl/α,β-unsaturated/α-hetero) is 2. The van der Waals surface area contributed by atoms with Crippen LogP contribution in [0.3, 0.4) is 0 Å². The second-order valence-electron chi connectivity index (χ2n) is 7.03. The molecule has 0 amide bonds. The highest BCUT2D eigenvalue weighted by molar-refractivity contribution is 6.30. The summed E-state index contributed by atoms with van der Waals surface area (Å²) in [7, 11) is 2.04. The van der Waals surface area contributed by atoms with Crippen molar-refractivity contribution in [3.05, 3.63) is 70.7 Å². The van der Waals surface area contributed by atoms with Crippen molar-refractivity contribution in [3.8, 4) is 0 Å². The Morgan fingerprint density at radius 1 is 0.885 bits per heavy atom. The van der Waals surface area contributed by atoms with E-state index in [1.807, 2.05) is 37.4 Å². The van der Waals surface area contributed by atoms with E-state index in [1.54, 1.807) is 24.3 Å². The summed E-state index contributed by atoms with van der Waals surface area (Å²) in [4.78, 5) is 27.4. The minimum atomic E-state index is 0.133. The molecule has 0 saturated carbocycles. The van der Waals surface area contributed by atoms with Crippen molar-refractivity contribution in [1.82, 2.24) is 4.90 Å². The van der Waals surface area contributed by atoms with Gasteiger partial charge in [-0.05, 0) is 44.2 Å². The monoisotopic (exact) mass is 369 g/mol. The molecule has 3 nitrogen and oxygen atoms in total. The molecule has 0 N–H and O–H groups in total. The van der Waals surface area contributed by atoms with Crippen molar-refractivity contribution in [2.24, 2.45) is 0 Å². The number of ketones is 2. The van der Waals surface area contributed by atoms with Gasteiger partial charge in [-0.1, -0.05) is 48.4 Å². The van der Waals surface area contributed by atoms with Gasteiger partial charge in [0.2, 0.25) is 0 Å². The molecule has 0 bridgehead atoms. The maximum atomic E-state index is 12.6. The zero-order valence-corrected chi connectivity index (χ0v) is 15.8. The smallest absolute Gasteiger partial charge is 0.164 e. The van der Waals surface area contributed by atoms with Gasteiger partial charge in [0, 0.05) is 41.1 Å². The van der Waals surface area contributed by atoms with E-state index in [1.165, 1.54) is 0 Å². The standard InChI is InChI=1S/C22H24ClNO2/c1-24-19(14-21(25)16-6-3-2-4-7-16)8-5-9-20(24)15-22(26)17-10-12-18(23)13-11-17/h2-4,6-7,10-13,19-20H,5,8-9,14-15H2,1H3. The Hall–Kier alpha value is -1.97. The van der Waals surface area contributed by atoms with Crippen LogP contribution in [0.15, 0.2) is 54.6 Å². The first-order valence-electron chi connectivity index (χ1n) is 9.13. The van der Waals surface area contributed by atoms with Gasteiger partial charge in [0.15, 0.2) is 11.6 Å². The third-order valence-corrected chi connectivity index (χ3v) is 5.58. The molecule has 1 aliphatic rings. The Kier molecular flexibility index (Phi) is 6.23. The Balaban J connectivity index is 1.62. The minimum Gasteiger partial charge on any atom is -0.300 e. The Labute approximate surface area is 160 Å². The predicted molar refractivity (Wildman–Crippen MR) is 105 cm³/mol. The molecule has 0 aliphatic carbocycles. The van der Waals surface area contributed by atoms with E-state index in [0.29, 0.717) is 23.4 Å². The minimum absolute atomic E-state index is 0.133. The Morgan fingerprint density at radius 2 is 1.38 bits per heavy atom. The van der Waals surface area contributed by atoms with Crippen LogP contribution in [0.4, 0.5) is 0 Å². The molecule has 1 saturated heterocycles. The van der Waals surface area contributed by atoms with Gasteiger partial charge in [-0.25, -0.2) is 0 Å². The number of carbonyl (C=O) groups excluding carboxylic acids is 2. The number of nitrogens with zero attached hydrogens (tertiary/aromatic N) is 1. The van der Waals surface area contributed by atoms with E-state index in [-0.39, 0.29) is 23.7 Å². The second kappa shape index (κ2) is 8.61. The first-order valence-corrected chi connectivity index (χ1v) is 9.51. The molecular formula is C22H24ClNO2. The lowest BCUT2D eigenvalue weighted by atomic mass is 9.88. The van der Waals surface area contributed by atoms with E-state index in [4.69, 9.17) is 11.6 Å². The molecular weight excluding hydrogens is 346 g/mol. The Morgan fingerprint density at radius 3 is 1.92 bits per heavy atom. The highest BCUT2D eigenvalue weighted by Crippen LogP contribution is 2.27. The predicted octanol–water partition coefficient (Wildman–Crippen LogP) is 5.04. The zero-order chi connectivity index (χ0) is 18.5. The van der Waals surface area contributed by atoms with Crippen molar-refractivity contribution in [1.29, 1.82) is 0 Å². The normalized spacial score (nSPS) is 20.7. The van der Waals surface area contributed by atoms with Crippen LogP contribution >= 0.6 is 11.6 Å². The zero-order valence-electron chi connectivity index (χ0n) is 15.0. The van der Waals surface area contributed by atoms with Gasteiger partial charge < -0.3 is 0 Å². The molecule has 1 fully saturated rings. The van der Waals surface area contributed by atoms with Crippen molar-refractivity contribution < 1.29 is 9.59 Å². The fourth-order valence-electron chi connectivity index (χ4n) is 3.71. The summed E-state index contributed by atoms with van der Waals surface area (Å²) < 4.78 is 0. The summed E-state index contributed by atoms with van der Waals surface area (Å²) in [6, 6.07) is 16.9. The summed E-state index contributed by atoms with van der Waals surface area (Å²) in [6.45, 7) is 0. The summed E-state index contributed by atoms with van der Waals surface area (Å²) in [5.74, 6) is 0.306. The molecule has 0 radical (unpaired) electrons. The van der Waals surface area contributed by atoms with Gasteiger partial charge in [0.25, 0.3) is 0 Å². The maximum absolute atomic E-state index is 12.6. The fraction of sp³-hybridized carbons (Fsp3) is 0.364. The van der Waals surface area contributed by atoms with Gasteiger partial charge >= 0.3 is 0 Å². The number of carbonyl (C=O) groups is 2. The van der Waals surface area contributed by atoms with Gasteiger partial charge in [-0.2, -0.15) is 0 Å². The SMILES string of the molecule is CN1C(CC(=O)c2ccccc2)CCCC1CC(=O)c1ccc(Cl)cc1. The molecule has 136 valence electrons. The van der Waals surface area contributed by atoms with E-state index in [9.17, 15) is 9.59 Å². The molecule has 0 spiro atoms. The topological polar surface area (TPSA) is 37.4 Å². The van der Waals surface area contributed by atoms with Gasteiger partial charge in [0.05, 0.1) is 0 Å². The molecule has 2 atom stereocenters. The molecule has 4 heteroatoms. The van der Waals surface area contributed by atoms with E-state index in [2.05, 4.69) is 4.90 Å². The van der Waals surface area contributed by atoms with Crippen molar-refractivity contribution >= 4 is 23.2 Å². The lowest BCUT2D eigenvalue weighted by molar-refractivity contribution is 0.0723. The van der Waals surface area contributed by atoms with Gasteiger partial charge in [0.1, 0.15) is 0 Å². The average molecular weight is 370 g/mol. The molecule has 1 aliphatic heterocycles. The van der Waals surface area contributed by atoms with Gasteiger partial charge in [-0.15, -0.1) is 0 Å². The highest BCUT2D eigenvalue weighted by atomic mass is 35.5. The van der Waals surface area contributed by atoms with Crippen LogP contribution in [0.2, 0.25) is 5.02 Å². The molecule has 2 aromatic rings. The number of rotatable bonds is 6. The van der Waals surface area contributed by atoms with E-state index < -0.39 is 0 Å². The molecule has 2 unspecified atom stereocenters. The average Bonchev–Trinajstić information content (AvgIpc) is 2.66. The Bertz CT molecular complexity index is 757. The fourth-order valence-corrected chi connectivity index (χ4v) is 3.84. The number of piperidine rings is 1. The summed E-state index contributed by atoms with van der Waals surface area (Å²) in [5, 5.41) is 0.635. The van der Waals surface area contributed by atoms with Crippen molar-refractivity contribution in [3.63, 3.8) is 0 Å².